The number of phenolic OH excluding ortho intramolecular Hbond substituents is 2. The van der Waals surface area contributed by atoms with E-state index >= 15 is 0 Å². The molecule has 1 rings (SSSR count). The fraction of sp³-hybridized carbons (Fsp3) is 0.222. The molecule has 0 radical (unpaired) electrons. The van der Waals surface area contributed by atoms with Crippen molar-refractivity contribution in [1.82, 2.24) is 0 Å². The molecule has 1 aromatic carbocycles. The zero-order valence-electron chi connectivity index (χ0n) is 7.04. The Balaban J connectivity index is 3.10. The van der Waals surface area contributed by atoms with Gasteiger partial charge in [-0.05, 0) is 13.0 Å². The molecule has 1 aromatic rings. The van der Waals surface area contributed by atoms with Crippen LogP contribution in [0.2, 0.25) is 5.02 Å². The third-order valence-electron chi connectivity index (χ3n) is 1.62. The molecule has 0 aromatic heterocycles. The van der Waals surface area contributed by atoms with Crippen LogP contribution in [0.15, 0.2) is 12.1 Å². The van der Waals surface area contributed by atoms with Gasteiger partial charge in [0.25, 0.3) is 0 Å². The van der Waals surface area contributed by atoms with Crippen LogP contribution in [-0.2, 0) is 11.2 Å². The molecule has 0 aliphatic rings. The number of rotatable bonds is 2. The van der Waals surface area contributed by atoms with Gasteiger partial charge in [0.15, 0.2) is 0 Å². The Morgan fingerprint density at radius 3 is 2.62 bits per heavy atom. The lowest BCUT2D eigenvalue weighted by atomic mass is 10.1. The van der Waals surface area contributed by atoms with Gasteiger partial charge in [0, 0.05) is 12.0 Å². The van der Waals surface area contributed by atoms with E-state index in [-0.39, 0.29) is 28.7 Å². The lowest BCUT2D eigenvalue weighted by molar-refractivity contribution is -0.116. The van der Waals surface area contributed by atoms with Crippen molar-refractivity contribution in [3.05, 3.63) is 22.7 Å². The Kier molecular flexibility index (Phi) is 2.78. The number of carbonyl (C=O) groups is 1. The van der Waals surface area contributed by atoms with Gasteiger partial charge in [0.1, 0.15) is 22.3 Å². The van der Waals surface area contributed by atoms with Gasteiger partial charge in [-0.25, -0.2) is 0 Å². The van der Waals surface area contributed by atoms with Crippen molar-refractivity contribution in [2.24, 2.45) is 0 Å². The molecule has 0 amide bonds. The van der Waals surface area contributed by atoms with Crippen molar-refractivity contribution in [1.29, 1.82) is 0 Å². The zero-order valence-corrected chi connectivity index (χ0v) is 7.80. The van der Waals surface area contributed by atoms with E-state index < -0.39 is 0 Å². The number of carbonyl (C=O) groups excluding carboxylic acids is 1. The quantitative estimate of drug-likeness (QED) is 0.767. The van der Waals surface area contributed by atoms with E-state index in [4.69, 9.17) is 16.7 Å². The highest BCUT2D eigenvalue weighted by atomic mass is 35.5. The van der Waals surface area contributed by atoms with Crippen LogP contribution in [0.1, 0.15) is 12.5 Å². The minimum absolute atomic E-state index is 0.0722. The number of hydrogen-bond donors (Lipinski definition) is 2. The summed E-state index contributed by atoms with van der Waals surface area (Å²) in [6.45, 7) is 1.42. The highest BCUT2D eigenvalue weighted by Crippen LogP contribution is 2.35. The van der Waals surface area contributed by atoms with Crippen LogP contribution in [-0.4, -0.2) is 16.0 Å². The average molecular weight is 201 g/mol. The highest BCUT2D eigenvalue weighted by molar-refractivity contribution is 6.33. The van der Waals surface area contributed by atoms with Crippen LogP contribution in [0.25, 0.3) is 0 Å². The summed E-state index contributed by atoms with van der Waals surface area (Å²) < 4.78 is 0. The number of Topliss-reactive ketones (excluding diaryl/α,β-unsaturated/α-hetero) is 1. The van der Waals surface area contributed by atoms with Crippen molar-refractivity contribution in [2.45, 2.75) is 13.3 Å². The van der Waals surface area contributed by atoms with Gasteiger partial charge in [0.05, 0.1) is 0 Å². The molecule has 0 saturated heterocycles. The Labute approximate surface area is 80.6 Å². The number of benzene rings is 1. The van der Waals surface area contributed by atoms with Crippen LogP contribution in [0.5, 0.6) is 11.5 Å². The molecule has 2 N–H and O–H groups in total. The van der Waals surface area contributed by atoms with Crippen molar-refractivity contribution in [2.75, 3.05) is 0 Å². The van der Waals surface area contributed by atoms with Crippen molar-refractivity contribution in [3.63, 3.8) is 0 Å². The van der Waals surface area contributed by atoms with Crippen LogP contribution in [0.3, 0.4) is 0 Å². The first-order chi connectivity index (χ1) is 6.02. The number of phenols is 2. The average Bonchev–Trinajstić information content (AvgIpc) is 2.06. The second-order valence-corrected chi connectivity index (χ2v) is 3.16. The molecular formula is C9H9ClO3. The maximum Gasteiger partial charge on any atom is 0.141 e. The van der Waals surface area contributed by atoms with Crippen LogP contribution in [0, 0.1) is 0 Å². The predicted octanol–water partition coefficient (Wildman–Crippen LogP) is 1.88. The number of ketones is 1. The van der Waals surface area contributed by atoms with Gasteiger partial charge < -0.3 is 10.2 Å². The van der Waals surface area contributed by atoms with Crippen molar-refractivity contribution in [3.8, 4) is 11.5 Å². The van der Waals surface area contributed by atoms with E-state index in [0.717, 1.165) is 0 Å². The normalized spacial score (nSPS) is 10.0. The lowest BCUT2D eigenvalue weighted by Crippen LogP contribution is -1.96. The second-order valence-electron chi connectivity index (χ2n) is 2.79. The van der Waals surface area contributed by atoms with E-state index in [1.165, 1.54) is 19.1 Å². The molecule has 0 fully saturated rings. The van der Waals surface area contributed by atoms with Gasteiger partial charge in [-0.2, -0.15) is 0 Å². The Morgan fingerprint density at radius 2 is 2.08 bits per heavy atom. The molecule has 0 spiro atoms. The predicted molar refractivity (Wildman–Crippen MR) is 49.2 cm³/mol. The monoisotopic (exact) mass is 200 g/mol. The van der Waals surface area contributed by atoms with Gasteiger partial charge in [-0.3, -0.25) is 4.79 Å². The first kappa shape index (κ1) is 9.86. The summed E-state index contributed by atoms with van der Waals surface area (Å²) in [4.78, 5) is 10.7. The molecule has 3 nitrogen and oxygen atoms in total. The standard InChI is InChI=1S/C9H9ClO3/c1-5(11)4-6-2-3-7(12)8(10)9(6)13/h2-3,12-13H,4H2,1H3. The number of halogens is 1. The van der Waals surface area contributed by atoms with E-state index in [1.807, 2.05) is 0 Å². The summed E-state index contributed by atoms with van der Waals surface area (Å²) in [6, 6.07) is 2.82. The molecule has 0 saturated carbocycles. The topological polar surface area (TPSA) is 57.5 Å². The minimum atomic E-state index is -0.225. The fourth-order valence-corrected chi connectivity index (χ4v) is 1.19. The van der Waals surface area contributed by atoms with E-state index in [0.29, 0.717) is 5.56 Å². The first-order valence-electron chi connectivity index (χ1n) is 3.71. The highest BCUT2D eigenvalue weighted by Gasteiger charge is 2.10. The maximum absolute atomic E-state index is 10.7. The molecule has 0 unspecified atom stereocenters. The molecular weight excluding hydrogens is 192 g/mol. The summed E-state index contributed by atoms with van der Waals surface area (Å²) in [6.07, 6.45) is 0.117. The van der Waals surface area contributed by atoms with Gasteiger partial charge in [-0.15, -0.1) is 0 Å². The lowest BCUT2D eigenvalue weighted by Gasteiger charge is -2.05. The zero-order chi connectivity index (χ0) is 10.0. The largest absolute Gasteiger partial charge is 0.506 e. The Bertz CT molecular complexity index is 347. The third-order valence-corrected chi connectivity index (χ3v) is 1.99. The van der Waals surface area contributed by atoms with Crippen LogP contribution < -0.4 is 0 Å². The van der Waals surface area contributed by atoms with E-state index in [1.54, 1.807) is 0 Å². The summed E-state index contributed by atoms with van der Waals surface area (Å²) in [5.41, 5.74) is 0.426. The van der Waals surface area contributed by atoms with Gasteiger partial charge in [0.2, 0.25) is 0 Å². The Hall–Kier alpha value is -1.22. The molecule has 0 atom stereocenters. The van der Waals surface area contributed by atoms with Crippen LogP contribution in [0.4, 0.5) is 0 Å². The van der Waals surface area contributed by atoms with E-state index in [9.17, 15) is 9.90 Å². The summed E-state index contributed by atoms with van der Waals surface area (Å²) in [5, 5.41) is 18.4. The first-order valence-corrected chi connectivity index (χ1v) is 4.09. The molecule has 0 aliphatic heterocycles. The molecule has 0 bridgehead atoms. The summed E-state index contributed by atoms with van der Waals surface area (Å²) >= 11 is 5.55. The van der Waals surface area contributed by atoms with Gasteiger partial charge >= 0.3 is 0 Å². The molecule has 70 valence electrons. The summed E-state index contributed by atoms with van der Waals surface area (Å²) in [5.74, 6) is -0.486. The minimum Gasteiger partial charge on any atom is -0.506 e. The SMILES string of the molecule is CC(=O)Cc1ccc(O)c(Cl)c1O. The molecule has 0 heterocycles. The second kappa shape index (κ2) is 3.66. The van der Waals surface area contributed by atoms with Gasteiger partial charge in [-0.1, -0.05) is 17.7 Å². The number of aromatic hydroxyl groups is 2. The Morgan fingerprint density at radius 1 is 1.46 bits per heavy atom. The molecule has 0 aliphatic carbocycles. The number of hydrogen-bond acceptors (Lipinski definition) is 3. The molecule has 4 heteroatoms. The van der Waals surface area contributed by atoms with Crippen molar-refractivity contribution >= 4 is 17.4 Å². The van der Waals surface area contributed by atoms with Crippen molar-refractivity contribution < 1.29 is 15.0 Å². The summed E-state index contributed by atoms with van der Waals surface area (Å²) in [7, 11) is 0. The maximum atomic E-state index is 10.7. The third kappa shape index (κ3) is 2.12. The fourth-order valence-electron chi connectivity index (χ4n) is 1.00. The molecule has 13 heavy (non-hydrogen) atoms. The smallest absolute Gasteiger partial charge is 0.141 e. The van der Waals surface area contributed by atoms with Crippen LogP contribution >= 0.6 is 11.6 Å². The van der Waals surface area contributed by atoms with E-state index in [2.05, 4.69) is 0 Å².